The third-order valence-corrected chi connectivity index (χ3v) is 9.29. The van der Waals surface area contributed by atoms with Gasteiger partial charge in [0.1, 0.15) is 11.6 Å². The minimum absolute atomic E-state index is 0.138. The summed E-state index contributed by atoms with van der Waals surface area (Å²) < 4.78 is 6.80. The molecule has 2 bridgehead atoms. The van der Waals surface area contributed by atoms with Crippen LogP contribution in [0.4, 0.5) is 11.4 Å². The van der Waals surface area contributed by atoms with Crippen LogP contribution in [0.15, 0.2) is 48.5 Å². The highest BCUT2D eigenvalue weighted by Crippen LogP contribution is 2.64. The topological polar surface area (TPSA) is 108 Å². The Morgan fingerprint density at radius 2 is 1.82 bits per heavy atom. The summed E-state index contributed by atoms with van der Waals surface area (Å²) >= 11 is 6.44. The van der Waals surface area contributed by atoms with Crippen molar-refractivity contribution in [2.75, 3.05) is 17.2 Å². The Kier molecular flexibility index (Phi) is 7.24. The van der Waals surface area contributed by atoms with Crippen molar-refractivity contribution in [2.45, 2.75) is 70.2 Å². The zero-order valence-corrected chi connectivity index (χ0v) is 23.5. The molecule has 3 amide bonds. The van der Waals surface area contributed by atoms with Gasteiger partial charge in [0.2, 0.25) is 17.7 Å². The maximum absolute atomic E-state index is 14.4. The van der Waals surface area contributed by atoms with E-state index in [1.165, 1.54) is 4.90 Å². The fourth-order valence-corrected chi connectivity index (χ4v) is 7.32. The number of halogens is 1. The SMILES string of the molecule is CC[C@]12CCC3(O1)C(C(=O)Nc1c(C)cccc1Cl)N([C@@H](CO)C(C)C)C(=O)[C@@H]3[C@H]2C(=O)Nc1ccccc1. The van der Waals surface area contributed by atoms with E-state index in [0.717, 1.165) is 5.56 Å². The van der Waals surface area contributed by atoms with Gasteiger partial charge in [-0.3, -0.25) is 14.4 Å². The van der Waals surface area contributed by atoms with E-state index in [4.69, 9.17) is 16.3 Å². The van der Waals surface area contributed by atoms with Gasteiger partial charge in [-0.15, -0.1) is 0 Å². The predicted molar refractivity (Wildman–Crippen MR) is 149 cm³/mol. The Morgan fingerprint density at radius 1 is 1.10 bits per heavy atom. The molecule has 2 aromatic rings. The highest BCUT2D eigenvalue weighted by Gasteiger charge is 2.79. The number of carbonyl (C=O) groups is 3. The minimum Gasteiger partial charge on any atom is -0.394 e. The summed E-state index contributed by atoms with van der Waals surface area (Å²) in [5, 5.41) is 16.7. The Hall–Kier alpha value is -2.94. The number of hydrogen-bond acceptors (Lipinski definition) is 5. The lowest BCUT2D eigenvalue weighted by Gasteiger charge is -2.38. The number of nitrogens with zero attached hydrogens (tertiary/aromatic N) is 1. The fraction of sp³-hybridized carbons (Fsp3) is 0.500. The van der Waals surface area contributed by atoms with Gasteiger partial charge >= 0.3 is 0 Å². The van der Waals surface area contributed by atoms with Crippen LogP contribution in [-0.2, 0) is 19.1 Å². The highest BCUT2D eigenvalue weighted by molar-refractivity contribution is 6.34. The van der Waals surface area contributed by atoms with Crippen LogP contribution in [0.1, 0.15) is 45.6 Å². The normalized spacial score (nSPS) is 30.0. The molecule has 5 rings (SSSR count). The van der Waals surface area contributed by atoms with Crippen molar-refractivity contribution in [2.24, 2.45) is 17.8 Å². The average Bonchev–Trinajstić information content (AvgIpc) is 3.51. The van der Waals surface area contributed by atoms with Gasteiger partial charge in [0.25, 0.3) is 0 Å². The van der Waals surface area contributed by atoms with Crippen molar-refractivity contribution in [3.05, 3.63) is 59.1 Å². The number of benzene rings is 2. The summed E-state index contributed by atoms with van der Waals surface area (Å²) in [5.41, 5.74) is -0.182. The van der Waals surface area contributed by atoms with Crippen LogP contribution < -0.4 is 10.6 Å². The van der Waals surface area contributed by atoms with E-state index in [0.29, 0.717) is 35.7 Å². The molecule has 3 aliphatic rings. The molecule has 0 saturated carbocycles. The number of anilines is 2. The van der Waals surface area contributed by atoms with E-state index in [9.17, 15) is 19.5 Å². The summed E-state index contributed by atoms with van der Waals surface area (Å²) in [4.78, 5) is 43.9. The Balaban J connectivity index is 1.59. The highest BCUT2D eigenvalue weighted by atomic mass is 35.5. The van der Waals surface area contributed by atoms with E-state index in [2.05, 4.69) is 10.6 Å². The standard InChI is InChI=1S/C30H36ClN3O5/c1-5-29-14-15-30(39-29)23(22(29)26(36)32-19-11-7-6-8-12-19)28(38)34(21(16-35)17(2)3)25(30)27(37)33-24-18(4)10-9-13-20(24)31/h6-13,17,21-23,25,35H,5,14-16H2,1-4H3,(H,32,36)(H,33,37)/t21-,22-,23-,25?,29+,30?/m0/s1. The van der Waals surface area contributed by atoms with Crippen molar-refractivity contribution < 1.29 is 24.2 Å². The number of aryl methyl sites for hydroxylation is 1. The zero-order chi connectivity index (χ0) is 28.1. The molecule has 3 aliphatic heterocycles. The van der Waals surface area contributed by atoms with E-state index >= 15 is 0 Å². The number of likely N-dealkylation sites (tertiary alicyclic amines) is 1. The van der Waals surface area contributed by atoms with Crippen LogP contribution in [0, 0.1) is 24.7 Å². The number of amides is 3. The number of aliphatic hydroxyl groups excluding tert-OH is 1. The molecule has 3 heterocycles. The summed E-state index contributed by atoms with van der Waals surface area (Å²) in [6.07, 6.45) is 1.53. The number of ether oxygens (including phenoxy) is 1. The summed E-state index contributed by atoms with van der Waals surface area (Å²) in [5.74, 6) is -2.83. The second-order valence-corrected chi connectivity index (χ2v) is 11.8. The van der Waals surface area contributed by atoms with E-state index < -0.39 is 41.0 Å². The molecule has 0 aliphatic carbocycles. The van der Waals surface area contributed by atoms with E-state index in [1.54, 1.807) is 24.3 Å². The second kappa shape index (κ2) is 10.2. The van der Waals surface area contributed by atoms with Crippen LogP contribution in [0.5, 0.6) is 0 Å². The third-order valence-electron chi connectivity index (χ3n) is 8.97. The third kappa shape index (κ3) is 4.24. The quantitative estimate of drug-likeness (QED) is 0.449. The zero-order valence-electron chi connectivity index (χ0n) is 22.7. The second-order valence-electron chi connectivity index (χ2n) is 11.3. The number of hydrogen-bond donors (Lipinski definition) is 3. The molecule has 3 fully saturated rings. The number of nitrogens with one attached hydrogen (secondary N) is 2. The number of aliphatic hydroxyl groups is 1. The van der Waals surface area contributed by atoms with Crippen molar-refractivity contribution in [1.82, 2.24) is 4.90 Å². The molecule has 0 aromatic heterocycles. The van der Waals surface area contributed by atoms with Gasteiger partial charge in [-0.1, -0.05) is 62.7 Å². The first kappa shape index (κ1) is 27.6. The lowest BCUT2D eigenvalue weighted by Crippen LogP contribution is -2.57. The molecule has 1 spiro atoms. The number of rotatable bonds is 8. The van der Waals surface area contributed by atoms with Gasteiger partial charge in [0.15, 0.2) is 0 Å². The van der Waals surface area contributed by atoms with Gasteiger partial charge in [0.05, 0.1) is 40.8 Å². The monoisotopic (exact) mass is 553 g/mol. The maximum atomic E-state index is 14.4. The smallest absolute Gasteiger partial charge is 0.250 e. The fourth-order valence-electron chi connectivity index (χ4n) is 7.05. The minimum atomic E-state index is -1.20. The van der Waals surface area contributed by atoms with Crippen LogP contribution >= 0.6 is 11.6 Å². The van der Waals surface area contributed by atoms with Gasteiger partial charge in [0, 0.05) is 5.69 Å². The van der Waals surface area contributed by atoms with Crippen molar-refractivity contribution >= 4 is 40.7 Å². The molecule has 3 N–H and O–H groups in total. The van der Waals surface area contributed by atoms with Gasteiger partial charge in [-0.2, -0.15) is 0 Å². The first-order chi connectivity index (χ1) is 18.6. The first-order valence-corrected chi connectivity index (χ1v) is 14.0. The largest absolute Gasteiger partial charge is 0.394 e. The van der Waals surface area contributed by atoms with Crippen molar-refractivity contribution in [1.29, 1.82) is 0 Å². The number of para-hydroxylation sites is 2. The molecule has 0 radical (unpaired) electrons. The number of fused-ring (bicyclic) bond motifs is 1. The van der Waals surface area contributed by atoms with E-state index in [-0.39, 0.29) is 24.3 Å². The van der Waals surface area contributed by atoms with Crippen molar-refractivity contribution in [3.8, 4) is 0 Å². The predicted octanol–water partition coefficient (Wildman–Crippen LogP) is 4.40. The van der Waals surface area contributed by atoms with Crippen molar-refractivity contribution in [3.63, 3.8) is 0 Å². The Labute approximate surface area is 234 Å². The van der Waals surface area contributed by atoms with Crippen LogP contribution in [0.2, 0.25) is 5.02 Å². The summed E-state index contributed by atoms with van der Waals surface area (Å²) in [6, 6.07) is 12.8. The van der Waals surface area contributed by atoms with E-state index in [1.807, 2.05) is 52.0 Å². The maximum Gasteiger partial charge on any atom is 0.250 e. The van der Waals surface area contributed by atoms with Crippen LogP contribution in [-0.4, -0.2) is 57.6 Å². The summed E-state index contributed by atoms with van der Waals surface area (Å²) in [7, 11) is 0. The number of carbonyl (C=O) groups excluding carboxylic acids is 3. The first-order valence-electron chi connectivity index (χ1n) is 13.6. The summed E-state index contributed by atoms with van der Waals surface area (Å²) in [6.45, 7) is 7.29. The lowest BCUT2D eigenvalue weighted by molar-refractivity contribution is -0.149. The van der Waals surface area contributed by atoms with Gasteiger partial charge in [-0.05, 0) is 55.9 Å². The molecule has 8 nitrogen and oxygen atoms in total. The van der Waals surface area contributed by atoms with Crippen LogP contribution in [0.3, 0.4) is 0 Å². The molecule has 208 valence electrons. The Morgan fingerprint density at radius 3 is 2.44 bits per heavy atom. The molecule has 2 unspecified atom stereocenters. The van der Waals surface area contributed by atoms with Gasteiger partial charge < -0.3 is 25.4 Å². The molecule has 6 atom stereocenters. The molecule has 39 heavy (non-hydrogen) atoms. The molecular formula is C30H36ClN3O5. The van der Waals surface area contributed by atoms with Crippen LogP contribution in [0.25, 0.3) is 0 Å². The molecule has 3 saturated heterocycles. The Bertz CT molecular complexity index is 1270. The molecular weight excluding hydrogens is 518 g/mol. The lowest BCUT2D eigenvalue weighted by atomic mass is 9.65. The molecule has 2 aromatic carbocycles. The van der Waals surface area contributed by atoms with Gasteiger partial charge in [-0.25, -0.2) is 0 Å². The average molecular weight is 554 g/mol. The molecule has 9 heteroatoms.